The maximum absolute atomic E-state index is 11.0. The van der Waals surface area contributed by atoms with E-state index in [9.17, 15) is 4.79 Å². The molecule has 0 saturated heterocycles. The van der Waals surface area contributed by atoms with Crippen LogP contribution in [0, 0.1) is 0 Å². The number of hydrogen-bond donors (Lipinski definition) is 3. The van der Waals surface area contributed by atoms with Crippen LogP contribution >= 0.6 is 24.0 Å². The van der Waals surface area contributed by atoms with E-state index >= 15 is 0 Å². The maximum Gasteiger partial charge on any atom is 0.284 e. The predicted octanol–water partition coefficient (Wildman–Crippen LogP) is 2.63. The van der Waals surface area contributed by atoms with Crippen LogP contribution in [-0.4, -0.2) is 25.0 Å². The van der Waals surface area contributed by atoms with Gasteiger partial charge in [0.2, 0.25) is 0 Å². The Bertz CT molecular complexity index is 474. The van der Waals surface area contributed by atoms with Crippen molar-refractivity contribution in [1.82, 2.24) is 10.6 Å². The molecule has 1 amide bonds. The van der Waals surface area contributed by atoms with E-state index in [1.807, 2.05) is 0 Å². The third-order valence-corrected chi connectivity index (χ3v) is 3.18. The van der Waals surface area contributed by atoms with Crippen molar-refractivity contribution in [1.29, 1.82) is 0 Å². The van der Waals surface area contributed by atoms with Crippen molar-refractivity contribution in [3.63, 3.8) is 0 Å². The Morgan fingerprint density at radius 2 is 2.14 bits per heavy atom. The third kappa shape index (κ3) is 7.67. The second kappa shape index (κ2) is 11.3. The number of halogens is 1. The molecule has 0 aliphatic rings. The van der Waals surface area contributed by atoms with Crippen LogP contribution < -0.4 is 16.4 Å². The first-order valence-electron chi connectivity index (χ1n) is 7.42. The van der Waals surface area contributed by atoms with Gasteiger partial charge in [0, 0.05) is 13.1 Å². The Kier molecular flexibility index (Phi) is 10.7. The van der Waals surface area contributed by atoms with Gasteiger partial charge in [0.15, 0.2) is 11.7 Å². The van der Waals surface area contributed by atoms with Crippen LogP contribution in [0.5, 0.6) is 0 Å². The second-order valence-corrected chi connectivity index (χ2v) is 5.10. The zero-order valence-corrected chi connectivity index (χ0v) is 15.8. The number of hydrogen-bond acceptors (Lipinski definition) is 3. The molecule has 1 aromatic rings. The molecule has 1 heterocycles. The number of carbonyl (C=O) groups is 1. The number of furan rings is 1. The molecule has 6 nitrogen and oxygen atoms in total. The van der Waals surface area contributed by atoms with Gasteiger partial charge in [0.1, 0.15) is 5.76 Å². The number of guanidine groups is 1. The quantitative estimate of drug-likeness (QED) is 0.260. The molecule has 0 saturated carbocycles. The summed E-state index contributed by atoms with van der Waals surface area (Å²) in [5, 5.41) is 6.48. The van der Waals surface area contributed by atoms with E-state index in [2.05, 4.69) is 29.5 Å². The van der Waals surface area contributed by atoms with Crippen LogP contribution in [0.25, 0.3) is 0 Å². The SMILES string of the molecule is CCCCCC(C)NC(=NC)NCc1ccc(C(N)=O)o1.I. The zero-order valence-electron chi connectivity index (χ0n) is 13.5. The van der Waals surface area contributed by atoms with Crippen LogP contribution in [0.15, 0.2) is 21.5 Å². The summed E-state index contributed by atoms with van der Waals surface area (Å²) in [6, 6.07) is 3.66. The normalized spacial score (nSPS) is 12.4. The second-order valence-electron chi connectivity index (χ2n) is 5.10. The summed E-state index contributed by atoms with van der Waals surface area (Å²) in [6.07, 6.45) is 4.80. The smallest absolute Gasteiger partial charge is 0.284 e. The van der Waals surface area contributed by atoms with Crippen LogP contribution in [0.2, 0.25) is 0 Å². The van der Waals surface area contributed by atoms with Gasteiger partial charge in [-0.1, -0.05) is 26.2 Å². The van der Waals surface area contributed by atoms with Gasteiger partial charge in [-0.3, -0.25) is 9.79 Å². The summed E-state index contributed by atoms with van der Waals surface area (Å²) < 4.78 is 5.30. The first-order valence-corrected chi connectivity index (χ1v) is 7.42. The van der Waals surface area contributed by atoms with Crippen molar-refractivity contribution < 1.29 is 9.21 Å². The van der Waals surface area contributed by atoms with Crippen LogP contribution in [0.1, 0.15) is 55.8 Å². The first-order chi connectivity index (χ1) is 10.1. The lowest BCUT2D eigenvalue weighted by Crippen LogP contribution is -2.41. The molecule has 0 spiro atoms. The van der Waals surface area contributed by atoms with E-state index in [1.54, 1.807) is 19.2 Å². The lowest BCUT2D eigenvalue weighted by Gasteiger charge is -2.17. The molecule has 1 rings (SSSR count). The Morgan fingerprint density at radius 3 is 2.68 bits per heavy atom. The molecule has 0 bridgehead atoms. The highest BCUT2D eigenvalue weighted by molar-refractivity contribution is 14.0. The molecule has 0 radical (unpaired) electrons. The van der Waals surface area contributed by atoms with Gasteiger partial charge in [-0.15, -0.1) is 24.0 Å². The minimum absolute atomic E-state index is 0. The van der Waals surface area contributed by atoms with Crippen LogP contribution in [0.3, 0.4) is 0 Å². The molecular formula is C15H27IN4O2. The highest BCUT2D eigenvalue weighted by Gasteiger charge is 2.08. The number of rotatable bonds is 8. The minimum atomic E-state index is -0.562. The molecule has 126 valence electrons. The number of nitrogens with zero attached hydrogens (tertiary/aromatic N) is 1. The molecule has 4 N–H and O–H groups in total. The molecule has 7 heteroatoms. The topological polar surface area (TPSA) is 92.6 Å². The summed E-state index contributed by atoms with van der Waals surface area (Å²) in [6.45, 7) is 4.79. The summed E-state index contributed by atoms with van der Waals surface area (Å²) >= 11 is 0. The molecule has 0 aliphatic carbocycles. The Hall–Kier alpha value is -1.25. The van der Waals surface area contributed by atoms with Gasteiger partial charge in [0.05, 0.1) is 6.54 Å². The van der Waals surface area contributed by atoms with Crippen molar-refractivity contribution in [2.75, 3.05) is 7.05 Å². The van der Waals surface area contributed by atoms with Gasteiger partial charge in [-0.2, -0.15) is 0 Å². The maximum atomic E-state index is 11.0. The van der Waals surface area contributed by atoms with Crippen molar-refractivity contribution in [2.45, 2.75) is 52.1 Å². The Balaban J connectivity index is 0.00000441. The van der Waals surface area contributed by atoms with E-state index in [0.717, 1.165) is 12.4 Å². The summed E-state index contributed by atoms with van der Waals surface area (Å²) in [5.74, 6) is 0.970. The van der Waals surface area contributed by atoms with E-state index in [-0.39, 0.29) is 29.7 Å². The zero-order chi connectivity index (χ0) is 15.7. The minimum Gasteiger partial charge on any atom is -0.454 e. The fourth-order valence-corrected chi connectivity index (χ4v) is 1.98. The lowest BCUT2D eigenvalue weighted by molar-refractivity contribution is 0.0972. The van der Waals surface area contributed by atoms with Crippen molar-refractivity contribution >= 4 is 35.8 Å². The van der Waals surface area contributed by atoms with Gasteiger partial charge < -0.3 is 20.8 Å². The van der Waals surface area contributed by atoms with Crippen molar-refractivity contribution in [2.24, 2.45) is 10.7 Å². The van der Waals surface area contributed by atoms with Crippen LogP contribution in [-0.2, 0) is 6.54 Å². The van der Waals surface area contributed by atoms with Crippen molar-refractivity contribution in [3.05, 3.63) is 23.7 Å². The highest BCUT2D eigenvalue weighted by atomic mass is 127. The largest absolute Gasteiger partial charge is 0.454 e. The summed E-state index contributed by atoms with van der Waals surface area (Å²) in [5.41, 5.74) is 5.14. The monoisotopic (exact) mass is 422 g/mol. The van der Waals surface area contributed by atoms with E-state index in [4.69, 9.17) is 10.2 Å². The van der Waals surface area contributed by atoms with Crippen molar-refractivity contribution in [3.8, 4) is 0 Å². The number of amides is 1. The van der Waals surface area contributed by atoms with Gasteiger partial charge in [-0.05, 0) is 25.5 Å². The number of aliphatic imine (C=N–C) groups is 1. The van der Waals surface area contributed by atoms with E-state index in [0.29, 0.717) is 18.3 Å². The number of primary amides is 1. The number of unbranched alkanes of at least 4 members (excludes halogenated alkanes) is 2. The molecule has 0 aromatic carbocycles. The molecule has 1 unspecified atom stereocenters. The van der Waals surface area contributed by atoms with Gasteiger partial charge >= 0.3 is 0 Å². The van der Waals surface area contributed by atoms with Gasteiger partial charge in [-0.25, -0.2) is 0 Å². The lowest BCUT2D eigenvalue weighted by atomic mass is 10.1. The first kappa shape index (κ1) is 20.8. The van der Waals surface area contributed by atoms with E-state index < -0.39 is 5.91 Å². The Labute approximate surface area is 149 Å². The number of nitrogens with one attached hydrogen (secondary N) is 2. The highest BCUT2D eigenvalue weighted by Crippen LogP contribution is 2.07. The summed E-state index contributed by atoms with van der Waals surface area (Å²) in [4.78, 5) is 15.1. The summed E-state index contributed by atoms with van der Waals surface area (Å²) in [7, 11) is 1.73. The average Bonchev–Trinajstić information content (AvgIpc) is 2.92. The Morgan fingerprint density at radius 1 is 1.41 bits per heavy atom. The predicted molar refractivity (Wildman–Crippen MR) is 99.6 cm³/mol. The fourth-order valence-electron chi connectivity index (χ4n) is 1.98. The molecule has 0 aliphatic heterocycles. The van der Waals surface area contributed by atoms with Crippen LogP contribution in [0.4, 0.5) is 0 Å². The molecular weight excluding hydrogens is 395 g/mol. The fraction of sp³-hybridized carbons (Fsp3) is 0.600. The van der Waals surface area contributed by atoms with E-state index in [1.165, 1.54) is 19.3 Å². The third-order valence-electron chi connectivity index (χ3n) is 3.18. The molecule has 22 heavy (non-hydrogen) atoms. The average molecular weight is 422 g/mol. The van der Waals surface area contributed by atoms with Gasteiger partial charge in [0.25, 0.3) is 5.91 Å². The molecule has 0 fully saturated rings. The standard InChI is InChI=1S/C15H26N4O2.HI/c1-4-5-6-7-11(2)19-15(17-3)18-10-12-8-9-13(21-12)14(16)20;/h8-9,11H,4-7,10H2,1-3H3,(H2,16,20)(H2,17,18,19);1H. The number of nitrogens with two attached hydrogens (primary N) is 1. The number of carbonyl (C=O) groups excluding carboxylic acids is 1. The molecule has 1 aromatic heterocycles. The molecule has 1 atom stereocenters.